The van der Waals surface area contributed by atoms with E-state index < -0.39 is 0 Å². The summed E-state index contributed by atoms with van der Waals surface area (Å²) in [5, 5.41) is 5.10. The SMILES string of the molecule is CC1(C)CSCC(NCCCn2ccc3ccccc32)C1. The maximum absolute atomic E-state index is 3.75. The Kier molecular flexibility index (Phi) is 4.60. The number of fused-ring (bicyclic) bond motifs is 1. The maximum atomic E-state index is 3.75. The lowest BCUT2D eigenvalue weighted by molar-refractivity contribution is 0.317. The molecule has 0 bridgehead atoms. The first-order valence-electron chi connectivity index (χ1n) is 7.99. The summed E-state index contributed by atoms with van der Waals surface area (Å²) in [6.45, 7) is 7.00. The zero-order valence-electron chi connectivity index (χ0n) is 13.1. The molecule has 1 fully saturated rings. The topological polar surface area (TPSA) is 17.0 Å². The Balaban J connectivity index is 1.46. The van der Waals surface area contributed by atoms with Gasteiger partial charge in [0.1, 0.15) is 0 Å². The molecule has 3 heteroatoms. The van der Waals surface area contributed by atoms with Crippen LogP contribution >= 0.6 is 11.8 Å². The molecule has 1 aliphatic rings. The van der Waals surface area contributed by atoms with Crippen molar-refractivity contribution in [2.75, 3.05) is 18.1 Å². The minimum Gasteiger partial charge on any atom is -0.347 e. The van der Waals surface area contributed by atoms with E-state index in [-0.39, 0.29) is 0 Å². The summed E-state index contributed by atoms with van der Waals surface area (Å²) < 4.78 is 2.37. The summed E-state index contributed by atoms with van der Waals surface area (Å²) in [5.41, 5.74) is 1.85. The van der Waals surface area contributed by atoms with Crippen molar-refractivity contribution in [3.8, 4) is 0 Å². The third-order valence-electron chi connectivity index (χ3n) is 4.30. The molecular weight excluding hydrogens is 276 g/mol. The molecule has 3 rings (SSSR count). The molecule has 1 aromatic carbocycles. The molecule has 2 nitrogen and oxygen atoms in total. The lowest BCUT2D eigenvalue weighted by Crippen LogP contribution is -2.40. The van der Waals surface area contributed by atoms with Gasteiger partial charge in [0.15, 0.2) is 0 Å². The summed E-state index contributed by atoms with van der Waals surface area (Å²) in [5.74, 6) is 2.58. The molecule has 1 aliphatic heterocycles. The average molecular weight is 302 g/mol. The van der Waals surface area contributed by atoms with E-state index in [1.165, 1.54) is 35.3 Å². The van der Waals surface area contributed by atoms with Gasteiger partial charge in [-0.2, -0.15) is 11.8 Å². The quantitative estimate of drug-likeness (QED) is 0.836. The standard InChI is InChI=1S/C18H26N2S/c1-18(2)12-16(13-21-14-18)19-9-5-10-20-11-8-15-6-3-4-7-17(15)20/h3-4,6-8,11,16,19H,5,9-10,12-14H2,1-2H3. The summed E-state index contributed by atoms with van der Waals surface area (Å²) in [7, 11) is 0. The highest BCUT2D eigenvalue weighted by Gasteiger charge is 2.27. The van der Waals surface area contributed by atoms with E-state index in [0.717, 1.165) is 13.1 Å². The number of benzene rings is 1. The van der Waals surface area contributed by atoms with Crippen LogP contribution in [0.25, 0.3) is 10.9 Å². The summed E-state index contributed by atoms with van der Waals surface area (Å²) in [6, 6.07) is 11.5. The van der Waals surface area contributed by atoms with Gasteiger partial charge in [-0.15, -0.1) is 0 Å². The van der Waals surface area contributed by atoms with Gasteiger partial charge >= 0.3 is 0 Å². The molecule has 1 N–H and O–H groups in total. The molecule has 21 heavy (non-hydrogen) atoms. The first-order valence-corrected chi connectivity index (χ1v) is 9.15. The third-order valence-corrected chi connectivity index (χ3v) is 5.92. The van der Waals surface area contributed by atoms with Crippen molar-refractivity contribution in [3.05, 3.63) is 36.5 Å². The minimum absolute atomic E-state index is 0.497. The van der Waals surface area contributed by atoms with Gasteiger partial charge in [0.2, 0.25) is 0 Å². The van der Waals surface area contributed by atoms with Gasteiger partial charge < -0.3 is 9.88 Å². The van der Waals surface area contributed by atoms with Crippen LogP contribution in [-0.4, -0.2) is 28.7 Å². The molecule has 2 aromatic rings. The smallest absolute Gasteiger partial charge is 0.0480 e. The van der Waals surface area contributed by atoms with E-state index in [4.69, 9.17) is 0 Å². The molecule has 114 valence electrons. The molecular formula is C18H26N2S. The third kappa shape index (κ3) is 3.83. The summed E-state index contributed by atoms with van der Waals surface area (Å²) in [4.78, 5) is 0. The van der Waals surface area contributed by atoms with Crippen LogP contribution in [0.1, 0.15) is 26.7 Å². The van der Waals surface area contributed by atoms with Gasteiger partial charge in [0.05, 0.1) is 0 Å². The first kappa shape index (κ1) is 15.0. The Morgan fingerprint density at radius 1 is 1.29 bits per heavy atom. The molecule has 1 atom stereocenters. The van der Waals surface area contributed by atoms with Gasteiger partial charge in [0.25, 0.3) is 0 Å². The predicted octanol–water partition coefficient (Wildman–Crippen LogP) is 4.15. The van der Waals surface area contributed by atoms with E-state index in [0.29, 0.717) is 11.5 Å². The van der Waals surface area contributed by atoms with E-state index in [1.807, 2.05) is 0 Å². The number of aryl methyl sites for hydroxylation is 1. The number of nitrogens with zero attached hydrogens (tertiary/aromatic N) is 1. The number of thioether (sulfide) groups is 1. The van der Waals surface area contributed by atoms with Crippen LogP contribution in [0.5, 0.6) is 0 Å². The van der Waals surface area contributed by atoms with Crippen LogP contribution in [0.4, 0.5) is 0 Å². The second-order valence-corrected chi connectivity index (χ2v) is 7.99. The number of nitrogens with one attached hydrogen (secondary N) is 1. The predicted molar refractivity (Wildman–Crippen MR) is 94.1 cm³/mol. The Labute approximate surface area is 132 Å². The monoisotopic (exact) mass is 302 g/mol. The fourth-order valence-electron chi connectivity index (χ4n) is 3.28. The number of hydrogen-bond acceptors (Lipinski definition) is 2. The van der Waals surface area contributed by atoms with Gasteiger partial charge in [-0.1, -0.05) is 32.0 Å². The van der Waals surface area contributed by atoms with Crippen molar-refractivity contribution in [1.29, 1.82) is 0 Å². The Morgan fingerprint density at radius 2 is 2.14 bits per heavy atom. The average Bonchev–Trinajstić information content (AvgIpc) is 2.86. The van der Waals surface area contributed by atoms with Gasteiger partial charge in [0, 0.05) is 30.1 Å². The molecule has 0 saturated carbocycles. The number of rotatable bonds is 5. The number of hydrogen-bond donors (Lipinski definition) is 1. The van der Waals surface area contributed by atoms with E-state index in [2.05, 4.69) is 72.0 Å². The van der Waals surface area contributed by atoms with Crippen molar-refractivity contribution < 1.29 is 0 Å². The molecule has 1 saturated heterocycles. The molecule has 0 amide bonds. The van der Waals surface area contributed by atoms with E-state index >= 15 is 0 Å². The van der Waals surface area contributed by atoms with Crippen LogP contribution in [-0.2, 0) is 6.54 Å². The van der Waals surface area contributed by atoms with Gasteiger partial charge in [-0.05, 0) is 48.1 Å². The van der Waals surface area contributed by atoms with E-state index in [9.17, 15) is 0 Å². The van der Waals surface area contributed by atoms with Crippen LogP contribution < -0.4 is 5.32 Å². The van der Waals surface area contributed by atoms with Crippen LogP contribution in [0, 0.1) is 5.41 Å². The molecule has 0 spiro atoms. The van der Waals surface area contributed by atoms with E-state index in [1.54, 1.807) is 0 Å². The van der Waals surface area contributed by atoms with Crippen molar-refractivity contribution in [2.24, 2.45) is 5.41 Å². The molecule has 0 aliphatic carbocycles. The van der Waals surface area contributed by atoms with Gasteiger partial charge in [-0.3, -0.25) is 0 Å². The van der Waals surface area contributed by atoms with Crippen LogP contribution in [0.2, 0.25) is 0 Å². The second-order valence-electron chi connectivity index (χ2n) is 6.96. The highest BCUT2D eigenvalue weighted by Crippen LogP contribution is 2.33. The van der Waals surface area contributed by atoms with Crippen molar-refractivity contribution in [3.63, 3.8) is 0 Å². The van der Waals surface area contributed by atoms with Gasteiger partial charge in [-0.25, -0.2) is 0 Å². The lowest BCUT2D eigenvalue weighted by atomic mass is 9.88. The van der Waals surface area contributed by atoms with Crippen molar-refractivity contribution in [2.45, 2.75) is 39.3 Å². The minimum atomic E-state index is 0.497. The number of aromatic nitrogens is 1. The summed E-state index contributed by atoms with van der Waals surface area (Å²) in [6.07, 6.45) is 4.72. The Hall–Kier alpha value is -0.930. The zero-order valence-corrected chi connectivity index (χ0v) is 14.0. The zero-order chi connectivity index (χ0) is 14.7. The molecule has 1 aromatic heterocycles. The van der Waals surface area contributed by atoms with Crippen LogP contribution in [0.3, 0.4) is 0 Å². The molecule has 1 unspecified atom stereocenters. The normalized spacial score (nSPS) is 21.7. The highest BCUT2D eigenvalue weighted by molar-refractivity contribution is 7.99. The molecule has 2 heterocycles. The lowest BCUT2D eigenvalue weighted by Gasteiger charge is -2.35. The first-order chi connectivity index (χ1) is 10.1. The molecule has 0 radical (unpaired) electrons. The second kappa shape index (κ2) is 6.45. The summed E-state index contributed by atoms with van der Waals surface area (Å²) >= 11 is 2.10. The maximum Gasteiger partial charge on any atom is 0.0480 e. The fourth-order valence-corrected chi connectivity index (χ4v) is 4.59. The highest BCUT2D eigenvalue weighted by atomic mass is 32.2. The Morgan fingerprint density at radius 3 is 3.00 bits per heavy atom. The van der Waals surface area contributed by atoms with Crippen LogP contribution in [0.15, 0.2) is 36.5 Å². The van der Waals surface area contributed by atoms with Crippen molar-refractivity contribution >= 4 is 22.7 Å². The van der Waals surface area contributed by atoms with Crippen molar-refractivity contribution in [1.82, 2.24) is 9.88 Å². The largest absolute Gasteiger partial charge is 0.347 e. The fraction of sp³-hybridized carbons (Fsp3) is 0.556. The Bertz CT molecular complexity index is 588. The number of para-hydroxylation sites is 1.